The number of aliphatic hydroxyl groups is 1. The highest BCUT2D eigenvalue weighted by Gasteiger charge is 2.32. The molecule has 0 saturated carbocycles. The van der Waals surface area contributed by atoms with Gasteiger partial charge in [-0.05, 0) is 59.9 Å². The number of carbonyl (C=O) groups excluding carboxylic acids is 1. The molecular weight excluding hydrogens is 709 g/mol. The van der Waals surface area contributed by atoms with E-state index in [4.69, 9.17) is 14.2 Å². The highest BCUT2D eigenvalue weighted by Crippen LogP contribution is 2.40. The summed E-state index contributed by atoms with van der Waals surface area (Å²) in [5, 5.41) is 12.5. The van der Waals surface area contributed by atoms with Gasteiger partial charge < -0.3 is 24.6 Å². The summed E-state index contributed by atoms with van der Waals surface area (Å²) < 4.78 is 47.8. The summed E-state index contributed by atoms with van der Waals surface area (Å²) in [5.41, 5.74) is 5.27. The van der Waals surface area contributed by atoms with Crippen molar-refractivity contribution in [3.63, 3.8) is 0 Å². The van der Waals surface area contributed by atoms with Crippen molar-refractivity contribution in [1.29, 1.82) is 0 Å². The predicted octanol–water partition coefficient (Wildman–Crippen LogP) is 7.04. The van der Waals surface area contributed by atoms with Crippen molar-refractivity contribution in [3.8, 4) is 5.75 Å². The minimum atomic E-state index is -3.96. The van der Waals surface area contributed by atoms with Gasteiger partial charge in [-0.3, -0.25) is 4.79 Å². The number of amides is 1. The molecule has 0 spiro atoms. The maximum atomic E-state index is 13.5. The Kier molecular flexibility index (Phi) is 13.0. The molecule has 1 fully saturated rings. The molecular formula is C42H44N2O7S2. The molecule has 0 radical (unpaired) electrons. The molecule has 276 valence electrons. The van der Waals surface area contributed by atoms with Crippen LogP contribution >= 0.6 is 11.8 Å². The Morgan fingerprint density at radius 2 is 1.49 bits per heavy atom. The number of thioether (sulfide) groups is 1. The van der Waals surface area contributed by atoms with E-state index in [0.717, 1.165) is 44.0 Å². The number of nitrogens with one attached hydrogen (secondary N) is 2. The van der Waals surface area contributed by atoms with Gasteiger partial charge in [0.05, 0.1) is 30.8 Å². The van der Waals surface area contributed by atoms with Crippen LogP contribution in [0.15, 0.2) is 137 Å². The number of para-hydroxylation sites is 1. The second kappa shape index (κ2) is 18.0. The predicted molar refractivity (Wildman–Crippen MR) is 206 cm³/mol. The van der Waals surface area contributed by atoms with E-state index >= 15 is 0 Å². The first kappa shape index (κ1) is 38.2. The standard InChI is InChI=1S/C42H44N2O7S2/c1-29-12-22-36(23-13-29)53(47,48)44-37(24-30-8-4-3-5-9-30)41(46)43-26-31-14-20-34(21-15-31)42-50-35(28-52-40-11-7-6-10-38(40)49-2)25-39(51-42)33-18-16-32(27-45)17-19-33/h3-23,35,37,39,42,44-45H,24-28H2,1-2H3,(H,43,46). The second-order valence-corrected chi connectivity index (χ2v) is 15.7. The maximum Gasteiger partial charge on any atom is 0.241 e. The zero-order valence-electron chi connectivity index (χ0n) is 29.7. The molecule has 6 rings (SSSR count). The molecule has 53 heavy (non-hydrogen) atoms. The lowest BCUT2D eigenvalue weighted by Gasteiger charge is -2.36. The monoisotopic (exact) mass is 752 g/mol. The molecule has 0 aromatic heterocycles. The Balaban J connectivity index is 1.14. The Labute approximate surface area is 315 Å². The number of aryl methyl sites for hydroxylation is 1. The van der Waals surface area contributed by atoms with Gasteiger partial charge in [0.2, 0.25) is 15.9 Å². The summed E-state index contributed by atoms with van der Waals surface area (Å²) in [7, 11) is -2.29. The van der Waals surface area contributed by atoms with Crippen LogP contribution in [0.3, 0.4) is 0 Å². The normalized spacial score (nSPS) is 17.9. The van der Waals surface area contributed by atoms with Gasteiger partial charge in [-0.15, -0.1) is 11.8 Å². The van der Waals surface area contributed by atoms with E-state index in [1.54, 1.807) is 31.0 Å². The zero-order chi connectivity index (χ0) is 37.2. The zero-order valence-corrected chi connectivity index (χ0v) is 31.3. The fourth-order valence-electron chi connectivity index (χ4n) is 6.06. The number of methoxy groups -OCH3 is 1. The quantitative estimate of drug-likeness (QED) is 0.0975. The fraction of sp³-hybridized carbons (Fsp3) is 0.262. The van der Waals surface area contributed by atoms with Gasteiger partial charge in [-0.1, -0.05) is 109 Å². The van der Waals surface area contributed by atoms with Gasteiger partial charge in [0.15, 0.2) is 6.29 Å². The van der Waals surface area contributed by atoms with Gasteiger partial charge in [-0.25, -0.2) is 8.42 Å². The lowest BCUT2D eigenvalue weighted by atomic mass is 10.0. The summed E-state index contributed by atoms with van der Waals surface area (Å²) in [6.45, 7) is 2.05. The van der Waals surface area contributed by atoms with Crippen LogP contribution in [0.4, 0.5) is 0 Å². The van der Waals surface area contributed by atoms with Crippen LogP contribution in [0, 0.1) is 6.92 Å². The van der Waals surface area contributed by atoms with Gasteiger partial charge >= 0.3 is 0 Å². The minimum absolute atomic E-state index is 0.0285. The molecule has 9 nitrogen and oxygen atoms in total. The van der Waals surface area contributed by atoms with Crippen LogP contribution in [0.25, 0.3) is 0 Å². The third kappa shape index (κ3) is 10.3. The van der Waals surface area contributed by atoms with Crippen molar-refractivity contribution in [2.45, 2.75) is 67.2 Å². The number of aliphatic hydroxyl groups excluding tert-OH is 1. The molecule has 11 heteroatoms. The van der Waals surface area contributed by atoms with Crippen molar-refractivity contribution >= 4 is 27.7 Å². The van der Waals surface area contributed by atoms with Crippen LogP contribution in [0.5, 0.6) is 5.75 Å². The lowest BCUT2D eigenvalue weighted by Crippen LogP contribution is -2.47. The Morgan fingerprint density at radius 3 is 2.19 bits per heavy atom. The number of hydrogen-bond donors (Lipinski definition) is 3. The number of hydrogen-bond acceptors (Lipinski definition) is 8. The van der Waals surface area contributed by atoms with Crippen LogP contribution in [-0.2, 0) is 43.9 Å². The SMILES string of the molecule is COc1ccccc1SCC1CC(c2ccc(CO)cc2)OC(c2ccc(CNC(=O)C(Cc3ccccc3)NS(=O)(=O)c3ccc(C)cc3)cc2)O1. The Bertz CT molecular complexity index is 2040. The lowest BCUT2D eigenvalue weighted by molar-refractivity contribution is -0.245. The van der Waals surface area contributed by atoms with Crippen molar-refractivity contribution in [3.05, 3.63) is 161 Å². The summed E-state index contributed by atoms with van der Waals surface area (Å²) in [6.07, 6.45) is -0.152. The molecule has 5 aromatic rings. The second-order valence-electron chi connectivity index (χ2n) is 12.9. The highest BCUT2D eigenvalue weighted by molar-refractivity contribution is 7.99. The van der Waals surface area contributed by atoms with Crippen molar-refractivity contribution in [2.75, 3.05) is 12.9 Å². The smallest absolute Gasteiger partial charge is 0.241 e. The molecule has 0 bridgehead atoms. The Hall–Kier alpha value is -4.49. The summed E-state index contributed by atoms with van der Waals surface area (Å²) >= 11 is 1.67. The summed E-state index contributed by atoms with van der Waals surface area (Å²) in [4.78, 5) is 14.7. The van der Waals surface area contributed by atoms with Crippen molar-refractivity contribution < 1.29 is 32.5 Å². The van der Waals surface area contributed by atoms with Crippen molar-refractivity contribution in [1.82, 2.24) is 10.0 Å². The molecule has 3 N–H and O–H groups in total. The largest absolute Gasteiger partial charge is 0.496 e. The molecule has 1 amide bonds. The maximum absolute atomic E-state index is 13.5. The van der Waals surface area contributed by atoms with Crippen molar-refractivity contribution in [2.24, 2.45) is 0 Å². The van der Waals surface area contributed by atoms with Gasteiger partial charge in [0.25, 0.3) is 0 Å². The molecule has 4 unspecified atom stereocenters. The molecule has 1 heterocycles. The van der Waals surface area contributed by atoms with E-state index in [1.807, 2.05) is 110 Å². The molecule has 1 aliphatic rings. The number of sulfonamides is 1. The summed E-state index contributed by atoms with van der Waals surface area (Å²) in [5.74, 6) is 1.07. The van der Waals surface area contributed by atoms with Gasteiger partial charge in [0, 0.05) is 29.2 Å². The number of carbonyl (C=O) groups is 1. The first-order valence-electron chi connectivity index (χ1n) is 17.5. The van der Waals surface area contributed by atoms with E-state index in [-0.39, 0.29) is 36.7 Å². The van der Waals surface area contributed by atoms with Gasteiger partial charge in [-0.2, -0.15) is 4.72 Å². The van der Waals surface area contributed by atoms with Crippen LogP contribution in [0.1, 0.15) is 52.2 Å². The average molecular weight is 753 g/mol. The van der Waals surface area contributed by atoms with Crippen LogP contribution < -0.4 is 14.8 Å². The number of ether oxygens (including phenoxy) is 3. The topological polar surface area (TPSA) is 123 Å². The van der Waals surface area contributed by atoms with E-state index < -0.39 is 28.3 Å². The highest BCUT2D eigenvalue weighted by atomic mass is 32.2. The molecule has 4 atom stereocenters. The molecule has 1 saturated heterocycles. The molecule has 0 aliphatic carbocycles. The van der Waals surface area contributed by atoms with Crippen LogP contribution in [-0.4, -0.2) is 44.4 Å². The molecule has 1 aliphatic heterocycles. The van der Waals surface area contributed by atoms with E-state index in [2.05, 4.69) is 10.0 Å². The van der Waals surface area contributed by atoms with Crippen LogP contribution in [0.2, 0.25) is 0 Å². The number of benzene rings is 5. The van der Waals surface area contributed by atoms with E-state index in [1.165, 1.54) is 12.1 Å². The van der Waals surface area contributed by atoms with E-state index in [9.17, 15) is 18.3 Å². The first-order chi connectivity index (χ1) is 25.7. The minimum Gasteiger partial charge on any atom is -0.496 e. The fourth-order valence-corrected chi connectivity index (χ4v) is 8.30. The van der Waals surface area contributed by atoms with E-state index in [0.29, 0.717) is 12.2 Å². The third-order valence-corrected chi connectivity index (χ3v) is 11.7. The van der Waals surface area contributed by atoms with Gasteiger partial charge in [0.1, 0.15) is 11.8 Å². The summed E-state index contributed by atoms with van der Waals surface area (Å²) in [6, 6.07) is 38.2. The number of rotatable bonds is 15. The average Bonchev–Trinajstić information content (AvgIpc) is 3.19. The Morgan fingerprint density at radius 1 is 0.830 bits per heavy atom. The third-order valence-electron chi connectivity index (χ3n) is 9.06. The molecule has 5 aromatic carbocycles. The first-order valence-corrected chi connectivity index (χ1v) is 19.9.